The molecule has 3 heterocycles. The second-order valence-corrected chi connectivity index (χ2v) is 7.28. The van der Waals surface area contributed by atoms with Crippen LogP contribution in [0.3, 0.4) is 0 Å². The lowest BCUT2D eigenvalue weighted by atomic mass is 10.0. The van der Waals surface area contributed by atoms with Crippen LogP contribution in [0.2, 0.25) is 0 Å². The number of thiophene rings is 1. The number of aromatic nitrogens is 2. The van der Waals surface area contributed by atoms with Gasteiger partial charge < -0.3 is 14.8 Å². The normalized spacial score (nSPS) is 13.7. The number of aliphatic hydroxyl groups is 1. The number of nitrogens with zero attached hydrogens (tertiary/aromatic N) is 2. The summed E-state index contributed by atoms with van der Waals surface area (Å²) in [4.78, 5) is 10.1. The third-order valence-corrected chi connectivity index (χ3v) is 5.15. The van der Waals surface area contributed by atoms with Gasteiger partial charge in [-0.15, -0.1) is 11.3 Å². The Morgan fingerprint density at radius 3 is 2.69 bits per heavy atom. The topological polar surface area (TPSA) is 71.2 Å². The van der Waals surface area contributed by atoms with Crippen LogP contribution in [0.4, 0.5) is 5.82 Å². The zero-order valence-corrected chi connectivity index (χ0v) is 15.4. The summed E-state index contributed by atoms with van der Waals surface area (Å²) in [6.07, 6.45) is 1.56. The zero-order valence-electron chi connectivity index (χ0n) is 14.6. The summed E-state index contributed by atoms with van der Waals surface area (Å²) in [7, 11) is 0. The molecule has 0 aliphatic rings. The van der Waals surface area contributed by atoms with Crippen molar-refractivity contribution in [1.29, 1.82) is 0 Å². The summed E-state index contributed by atoms with van der Waals surface area (Å²) in [6, 6.07) is 13.7. The van der Waals surface area contributed by atoms with Crippen molar-refractivity contribution >= 4 is 27.4 Å². The number of nitrogens with one attached hydrogen (secondary N) is 1. The molecule has 0 aliphatic carbocycles. The first kappa shape index (κ1) is 16.8. The number of aryl methyl sites for hydroxylation is 1. The summed E-state index contributed by atoms with van der Waals surface area (Å²) < 4.78 is 5.36. The fourth-order valence-electron chi connectivity index (χ4n) is 2.93. The molecule has 0 bridgehead atoms. The number of benzene rings is 1. The van der Waals surface area contributed by atoms with E-state index in [9.17, 15) is 5.11 Å². The Kier molecular flexibility index (Phi) is 4.22. The lowest BCUT2D eigenvalue weighted by Gasteiger charge is -2.22. The highest BCUT2D eigenvalue weighted by atomic mass is 32.1. The van der Waals surface area contributed by atoms with Crippen molar-refractivity contribution in [2.75, 3.05) is 11.9 Å². The molecule has 0 amide bonds. The van der Waals surface area contributed by atoms with Gasteiger partial charge in [0.2, 0.25) is 0 Å². The fraction of sp³-hybridized carbons (Fsp3) is 0.200. The number of anilines is 1. The van der Waals surface area contributed by atoms with E-state index in [4.69, 9.17) is 4.42 Å². The van der Waals surface area contributed by atoms with Crippen molar-refractivity contribution in [3.05, 3.63) is 65.7 Å². The van der Waals surface area contributed by atoms with E-state index < -0.39 is 5.60 Å². The van der Waals surface area contributed by atoms with Crippen molar-refractivity contribution < 1.29 is 9.52 Å². The van der Waals surface area contributed by atoms with Crippen molar-refractivity contribution in [2.45, 2.75) is 19.4 Å². The maximum absolute atomic E-state index is 10.7. The number of fused-ring (bicyclic) bond motifs is 1. The molecule has 1 atom stereocenters. The van der Waals surface area contributed by atoms with Crippen molar-refractivity contribution in [3.8, 4) is 11.1 Å². The molecule has 0 saturated carbocycles. The number of hydrogen-bond acceptors (Lipinski definition) is 6. The quantitative estimate of drug-likeness (QED) is 0.542. The van der Waals surface area contributed by atoms with Crippen molar-refractivity contribution in [2.24, 2.45) is 0 Å². The minimum atomic E-state index is -1.14. The number of furan rings is 1. The van der Waals surface area contributed by atoms with E-state index >= 15 is 0 Å². The lowest BCUT2D eigenvalue weighted by Crippen LogP contribution is -2.30. The Morgan fingerprint density at radius 1 is 1.15 bits per heavy atom. The summed E-state index contributed by atoms with van der Waals surface area (Å²) in [5.74, 6) is 1.93. The van der Waals surface area contributed by atoms with Crippen LogP contribution in [0.1, 0.15) is 18.5 Å². The van der Waals surface area contributed by atoms with Crippen molar-refractivity contribution in [1.82, 2.24) is 9.97 Å². The first-order valence-electron chi connectivity index (χ1n) is 8.36. The van der Waals surface area contributed by atoms with E-state index in [0.717, 1.165) is 27.2 Å². The summed E-state index contributed by atoms with van der Waals surface area (Å²) >= 11 is 1.60. The van der Waals surface area contributed by atoms with Gasteiger partial charge in [-0.05, 0) is 31.5 Å². The molecule has 0 radical (unpaired) electrons. The van der Waals surface area contributed by atoms with Gasteiger partial charge in [-0.25, -0.2) is 9.97 Å². The summed E-state index contributed by atoms with van der Waals surface area (Å²) in [6.45, 7) is 3.86. The second kappa shape index (κ2) is 6.55. The molecule has 0 saturated heterocycles. The molecule has 26 heavy (non-hydrogen) atoms. The van der Waals surface area contributed by atoms with Crippen LogP contribution in [0.25, 0.3) is 21.3 Å². The average Bonchev–Trinajstić information content (AvgIpc) is 3.30. The minimum absolute atomic E-state index is 0.274. The van der Waals surface area contributed by atoms with E-state index in [-0.39, 0.29) is 6.54 Å². The molecule has 0 spiro atoms. The van der Waals surface area contributed by atoms with Crippen LogP contribution in [0.15, 0.2) is 58.5 Å². The predicted molar refractivity (Wildman–Crippen MR) is 104 cm³/mol. The Bertz CT molecular complexity index is 1020. The molecule has 132 valence electrons. The molecule has 0 fully saturated rings. The van der Waals surface area contributed by atoms with Crippen LogP contribution in [-0.4, -0.2) is 21.6 Å². The van der Waals surface area contributed by atoms with E-state index in [0.29, 0.717) is 11.6 Å². The monoisotopic (exact) mass is 365 g/mol. The SMILES string of the molecule is Cc1nc(NCC(C)(O)c2ccco2)c2c(-c3ccccc3)csc2n1. The third-order valence-electron chi connectivity index (χ3n) is 4.28. The highest BCUT2D eigenvalue weighted by Gasteiger charge is 2.27. The molecular weight excluding hydrogens is 346 g/mol. The highest BCUT2D eigenvalue weighted by Crippen LogP contribution is 2.37. The first-order chi connectivity index (χ1) is 12.5. The van der Waals surface area contributed by atoms with Gasteiger partial charge >= 0.3 is 0 Å². The molecule has 1 unspecified atom stereocenters. The van der Waals surface area contributed by atoms with E-state index in [1.165, 1.54) is 0 Å². The molecule has 3 aromatic heterocycles. The summed E-state index contributed by atoms with van der Waals surface area (Å²) in [5, 5.41) is 17.1. The van der Waals surface area contributed by atoms with Gasteiger partial charge in [-0.3, -0.25) is 0 Å². The maximum Gasteiger partial charge on any atom is 0.139 e. The van der Waals surface area contributed by atoms with Crippen LogP contribution in [-0.2, 0) is 5.60 Å². The standard InChI is InChI=1S/C20H19N3O2S/c1-13-22-18(21-12-20(2,24)16-9-6-10-25-16)17-15(11-26-19(17)23-13)14-7-4-3-5-8-14/h3-11,24H,12H2,1-2H3,(H,21,22,23). The average molecular weight is 365 g/mol. The molecule has 2 N–H and O–H groups in total. The van der Waals surface area contributed by atoms with Gasteiger partial charge in [0.15, 0.2) is 0 Å². The Balaban J connectivity index is 1.73. The molecule has 5 nitrogen and oxygen atoms in total. The Morgan fingerprint density at radius 2 is 1.96 bits per heavy atom. The minimum Gasteiger partial charge on any atom is -0.466 e. The highest BCUT2D eigenvalue weighted by molar-refractivity contribution is 7.17. The molecule has 1 aromatic carbocycles. The van der Waals surface area contributed by atoms with Gasteiger partial charge in [0.25, 0.3) is 0 Å². The third kappa shape index (κ3) is 3.09. The number of rotatable bonds is 5. The molecule has 4 rings (SSSR count). The van der Waals surface area contributed by atoms with Crippen LogP contribution < -0.4 is 5.32 Å². The largest absolute Gasteiger partial charge is 0.466 e. The van der Waals surface area contributed by atoms with E-state index in [2.05, 4.69) is 32.8 Å². The van der Waals surface area contributed by atoms with Crippen LogP contribution >= 0.6 is 11.3 Å². The predicted octanol–water partition coefficient (Wildman–Crippen LogP) is 4.58. The van der Waals surface area contributed by atoms with Crippen molar-refractivity contribution in [3.63, 3.8) is 0 Å². The Hall–Kier alpha value is -2.70. The van der Waals surface area contributed by atoms with Gasteiger partial charge in [-0.1, -0.05) is 30.3 Å². The van der Waals surface area contributed by atoms with Gasteiger partial charge in [0.05, 0.1) is 18.2 Å². The van der Waals surface area contributed by atoms with Gasteiger partial charge in [0, 0.05) is 10.9 Å². The fourth-order valence-corrected chi connectivity index (χ4v) is 3.93. The number of hydrogen-bond donors (Lipinski definition) is 2. The van der Waals surface area contributed by atoms with Gasteiger partial charge in [-0.2, -0.15) is 0 Å². The van der Waals surface area contributed by atoms with Crippen LogP contribution in [0.5, 0.6) is 0 Å². The second-order valence-electron chi connectivity index (χ2n) is 6.42. The van der Waals surface area contributed by atoms with E-state index in [1.807, 2.05) is 25.1 Å². The molecule has 4 aromatic rings. The maximum atomic E-state index is 10.7. The zero-order chi connectivity index (χ0) is 18.1. The van der Waals surface area contributed by atoms with Gasteiger partial charge in [0.1, 0.15) is 27.8 Å². The Labute approximate surface area is 155 Å². The lowest BCUT2D eigenvalue weighted by molar-refractivity contribution is 0.0476. The van der Waals surface area contributed by atoms with Crippen LogP contribution in [0, 0.1) is 6.92 Å². The van der Waals surface area contributed by atoms with E-state index in [1.54, 1.807) is 36.7 Å². The first-order valence-corrected chi connectivity index (χ1v) is 9.24. The molecular formula is C20H19N3O2S. The molecule has 0 aliphatic heterocycles. The summed E-state index contributed by atoms with van der Waals surface area (Å²) in [5.41, 5.74) is 1.07. The smallest absolute Gasteiger partial charge is 0.139 e. The molecule has 6 heteroatoms.